The van der Waals surface area contributed by atoms with Crippen LogP contribution in [0.2, 0.25) is 0 Å². The van der Waals surface area contributed by atoms with Crippen molar-refractivity contribution in [3.8, 4) is 0 Å². The Hall–Kier alpha value is -1.83. The van der Waals surface area contributed by atoms with Crippen molar-refractivity contribution in [3.63, 3.8) is 0 Å². The van der Waals surface area contributed by atoms with Crippen LogP contribution in [0.4, 0.5) is 0 Å². The maximum atomic E-state index is 11.7. The summed E-state index contributed by atoms with van der Waals surface area (Å²) in [5.74, 6) is 0.0614. The summed E-state index contributed by atoms with van der Waals surface area (Å²) in [6, 6.07) is 18.5. The number of benzene rings is 2. The number of rotatable bonds is 2. The molecule has 2 aromatic carbocycles. The molecule has 94 valence electrons. The summed E-state index contributed by atoms with van der Waals surface area (Å²) in [6.07, 6.45) is 1.99. The van der Waals surface area contributed by atoms with Crippen molar-refractivity contribution in [3.05, 3.63) is 60.8 Å². The van der Waals surface area contributed by atoms with E-state index in [1.54, 1.807) is 11.5 Å². The standard InChI is InChI=1S/C16H13NOSe/c1-12(18)17-11-16(14-9-5-6-10-15(14)17)19-13-7-3-2-4-8-13/h2-11H,1H3. The van der Waals surface area contributed by atoms with Crippen molar-refractivity contribution in [1.29, 1.82) is 0 Å². The fourth-order valence-corrected chi connectivity index (χ4v) is 4.18. The Balaban J connectivity index is 2.11. The molecule has 3 aromatic rings. The molecule has 0 N–H and O–H groups in total. The van der Waals surface area contributed by atoms with Gasteiger partial charge in [0.05, 0.1) is 0 Å². The van der Waals surface area contributed by atoms with Crippen LogP contribution in [0.1, 0.15) is 11.7 Å². The molecule has 0 fully saturated rings. The van der Waals surface area contributed by atoms with Gasteiger partial charge >= 0.3 is 118 Å². The SMILES string of the molecule is CC(=O)n1cc([Se]c2ccccc2)c2ccccc21. The van der Waals surface area contributed by atoms with E-state index in [4.69, 9.17) is 0 Å². The molecule has 0 unspecified atom stereocenters. The normalized spacial score (nSPS) is 10.8. The Labute approximate surface area is 118 Å². The number of aromatic nitrogens is 1. The molecule has 0 saturated heterocycles. The number of carbonyl (C=O) groups excluding carboxylic acids is 1. The Morgan fingerprint density at radius 1 is 1.00 bits per heavy atom. The molecule has 1 heterocycles. The molecule has 0 bridgehead atoms. The average Bonchev–Trinajstić information content (AvgIpc) is 2.79. The van der Waals surface area contributed by atoms with Crippen LogP contribution < -0.4 is 8.92 Å². The Morgan fingerprint density at radius 3 is 2.42 bits per heavy atom. The van der Waals surface area contributed by atoms with E-state index in [2.05, 4.69) is 30.3 Å². The topological polar surface area (TPSA) is 22.0 Å². The molecule has 0 aliphatic carbocycles. The van der Waals surface area contributed by atoms with Crippen molar-refractivity contribution in [1.82, 2.24) is 4.57 Å². The van der Waals surface area contributed by atoms with Crippen molar-refractivity contribution in [2.45, 2.75) is 6.92 Å². The molecule has 2 nitrogen and oxygen atoms in total. The molecule has 0 aliphatic heterocycles. The van der Waals surface area contributed by atoms with E-state index in [0.717, 1.165) is 5.52 Å². The van der Waals surface area contributed by atoms with Crippen molar-refractivity contribution in [2.75, 3.05) is 0 Å². The van der Waals surface area contributed by atoms with Crippen LogP contribution in [-0.4, -0.2) is 25.4 Å². The number of hydrogen-bond acceptors (Lipinski definition) is 1. The number of carbonyl (C=O) groups is 1. The van der Waals surface area contributed by atoms with Gasteiger partial charge < -0.3 is 0 Å². The predicted octanol–water partition coefficient (Wildman–Crippen LogP) is 1.96. The Morgan fingerprint density at radius 2 is 1.68 bits per heavy atom. The van der Waals surface area contributed by atoms with Gasteiger partial charge in [-0.25, -0.2) is 0 Å². The van der Waals surface area contributed by atoms with Crippen LogP contribution >= 0.6 is 0 Å². The summed E-state index contributed by atoms with van der Waals surface area (Å²) in [4.78, 5) is 11.7. The quantitative estimate of drug-likeness (QED) is 0.663. The third-order valence-corrected chi connectivity index (χ3v) is 5.20. The van der Waals surface area contributed by atoms with Gasteiger partial charge in [-0.05, 0) is 0 Å². The molecule has 0 atom stereocenters. The van der Waals surface area contributed by atoms with Crippen LogP contribution in [-0.2, 0) is 0 Å². The first-order valence-electron chi connectivity index (χ1n) is 6.09. The fourth-order valence-electron chi connectivity index (χ4n) is 2.11. The Kier molecular flexibility index (Phi) is 3.24. The van der Waals surface area contributed by atoms with Gasteiger partial charge in [-0.15, -0.1) is 0 Å². The molecule has 0 amide bonds. The summed E-state index contributed by atoms with van der Waals surface area (Å²) in [5.41, 5.74) is 1.00. The zero-order valence-electron chi connectivity index (χ0n) is 10.5. The average molecular weight is 314 g/mol. The molecular weight excluding hydrogens is 301 g/mol. The van der Waals surface area contributed by atoms with E-state index in [9.17, 15) is 4.79 Å². The molecular formula is C16H13NOSe. The second-order valence-electron chi connectivity index (χ2n) is 4.31. The summed E-state index contributed by atoms with van der Waals surface area (Å²) in [5, 5.41) is 1.18. The van der Waals surface area contributed by atoms with E-state index < -0.39 is 0 Å². The summed E-state index contributed by atoms with van der Waals surface area (Å²) in [7, 11) is 0. The van der Waals surface area contributed by atoms with Gasteiger partial charge in [0.2, 0.25) is 0 Å². The number of nitrogens with zero attached hydrogens (tertiary/aromatic N) is 1. The minimum absolute atomic E-state index is 0.0614. The van der Waals surface area contributed by atoms with Crippen LogP contribution in [0.15, 0.2) is 60.8 Å². The summed E-state index contributed by atoms with van der Waals surface area (Å²) < 4.78 is 4.32. The monoisotopic (exact) mass is 315 g/mol. The first kappa shape index (κ1) is 12.2. The van der Waals surface area contributed by atoms with Gasteiger partial charge in [0.1, 0.15) is 0 Å². The zero-order valence-corrected chi connectivity index (χ0v) is 12.3. The molecule has 3 heteroatoms. The minimum atomic E-state index is 0.0614. The van der Waals surface area contributed by atoms with E-state index in [1.807, 2.05) is 30.5 Å². The van der Waals surface area contributed by atoms with Crippen molar-refractivity contribution >= 4 is 40.7 Å². The first-order valence-corrected chi connectivity index (χ1v) is 7.81. The molecule has 1 aromatic heterocycles. The van der Waals surface area contributed by atoms with E-state index >= 15 is 0 Å². The van der Waals surface area contributed by atoms with Gasteiger partial charge in [0.15, 0.2) is 0 Å². The predicted molar refractivity (Wildman–Crippen MR) is 79.7 cm³/mol. The van der Waals surface area contributed by atoms with Gasteiger partial charge in [-0.2, -0.15) is 0 Å². The zero-order chi connectivity index (χ0) is 13.2. The fraction of sp³-hybridized carbons (Fsp3) is 0.0625. The van der Waals surface area contributed by atoms with Crippen molar-refractivity contribution in [2.24, 2.45) is 0 Å². The van der Waals surface area contributed by atoms with E-state index in [1.165, 1.54) is 14.3 Å². The molecule has 0 spiro atoms. The Bertz CT molecular complexity index is 731. The van der Waals surface area contributed by atoms with Crippen LogP contribution in [0.25, 0.3) is 10.9 Å². The maximum absolute atomic E-state index is 11.7. The third-order valence-electron chi connectivity index (χ3n) is 2.99. The second kappa shape index (κ2) is 5.04. The number of fused-ring (bicyclic) bond motifs is 1. The summed E-state index contributed by atoms with van der Waals surface area (Å²) >= 11 is 0.224. The molecule has 0 aliphatic rings. The number of hydrogen-bond donors (Lipinski definition) is 0. The van der Waals surface area contributed by atoms with Gasteiger partial charge in [0.25, 0.3) is 0 Å². The van der Waals surface area contributed by atoms with Gasteiger partial charge in [-0.3, -0.25) is 0 Å². The van der Waals surface area contributed by atoms with Crippen LogP contribution in [0.5, 0.6) is 0 Å². The second-order valence-corrected chi connectivity index (χ2v) is 6.65. The first-order chi connectivity index (χ1) is 9.25. The van der Waals surface area contributed by atoms with E-state index in [-0.39, 0.29) is 20.9 Å². The molecule has 0 radical (unpaired) electrons. The molecule has 0 saturated carbocycles. The van der Waals surface area contributed by atoms with Crippen molar-refractivity contribution < 1.29 is 4.79 Å². The van der Waals surface area contributed by atoms with Crippen LogP contribution in [0.3, 0.4) is 0 Å². The molecule has 19 heavy (non-hydrogen) atoms. The van der Waals surface area contributed by atoms with Crippen LogP contribution in [0, 0.1) is 0 Å². The van der Waals surface area contributed by atoms with E-state index in [0.29, 0.717) is 0 Å². The third kappa shape index (κ3) is 2.35. The van der Waals surface area contributed by atoms with Gasteiger partial charge in [0, 0.05) is 0 Å². The number of para-hydroxylation sites is 1. The van der Waals surface area contributed by atoms with Gasteiger partial charge in [-0.1, -0.05) is 0 Å². The molecule has 3 rings (SSSR count). The summed E-state index contributed by atoms with van der Waals surface area (Å²) in [6.45, 7) is 1.60.